The van der Waals surface area contributed by atoms with Crippen LogP contribution >= 0.6 is 0 Å². The lowest BCUT2D eigenvalue weighted by molar-refractivity contribution is 0.0228. The first-order valence-electron chi connectivity index (χ1n) is 7.99. The van der Waals surface area contributed by atoms with E-state index in [4.69, 9.17) is 4.74 Å². The molecule has 1 N–H and O–H groups in total. The van der Waals surface area contributed by atoms with Crippen LogP contribution in [-0.2, 0) is 6.42 Å². The third-order valence-electron chi connectivity index (χ3n) is 4.92. The second-order valence-corrected chi connectivity index (χ2v) is 6.77. The second-order valence-electron chi connectivity index (χ2n) is 6.77. The summed E-state index contributed by atoms with van der Waals surface area (Å²) >= 11 is 0. The van der Waals surface area contributed by atoms with Crippen LogP contribution in [0.2, 0.25) is 0 Å². The van der Waals surface area contributed by atoms with Gasteiger partial charge < -0.3 is 9.84 Å². The van der Waals surface area contributed by atoms with Crippen LogP contribution in [0.25, 0.3) is 0 Å². The van der Waals surface area contributed by atoms with Crippen LogP contribution in [0.1, 0.15) is 51.5 Å². The van der Waals surface area contributed by atoms with E-state index < -0.39 is 5.60 Å². The van der Waals surface area contributed by atoms with E-state index in [-0.39, 0.29) is 11.6 Å². The Morgan fingerprint density at radius 1 is 1.33 bits per heavy atom. The average molecular weight is 294 g/mol. The molecule has 1 aliphatic carbocycles. The van der Waals surface area contributed by atoms with Crippen molar-refractivity contribution in [2.45, 2.75) is 58.0 Å². The molecular formula is C18H27FO2. The molecule has 2 rings (SSSR count). The zero-order valence-corrected chi connectivity index (χ0v) is 13.4. The number of rotatable bonds is 4. The summed E-state index contributed by atoms with van der Waals surface area (Å²) in [5, 5.41) is 10.9. The molecule has 0 saturated heterocycles. The molecule has 0 amide bonds. The molecule has 2 atom stereocenters. The van der Waals surface area contributed by atoms with Crippen LogP contribution in [-0.4, -0.2) is 17.8 Å². The molecule has 0 radical (unpaired) electrons. The molecule has 1 aromatic rings. The zero-order valence-electron chi connectivity index (χ0n) is 13.4. The number of aliphatic hydroxyl groups is 1. The smallest absolute Gasteiger partial charge is 0.168 e. The van der Waals surface area contributed by atoms with Crippen molar-refractivity contribution in [3.05, 3.63) is 29.6 Å². The van der Waals surface area contributed by atoms with Crippen molar-refractivity contribution in [1.82, 2.24) is 0 Å². The molecule has 1 aromatic carbocycles. The first-order valence-corrected chi connectivity index (χ1v) is 7.99. The number of methoxy groups -OCH3 is 1. The minimum Gasteiger partial charge on any atom is -0.494 e. The van der Waals surface area contributed by atoms with Gasteiger partial charge in [-0.2, -0.15) is 0 Å². The Bertz CT molecular complexity index is 472. The summed E-state index contributed by atoms with van der Waals surface area (Å²) in [6, 6.07) is 5.15. The number of hydrogen-bond donors (Lipinski definition) is 1. The summed E-state index contributed by atoms with van der Waals surface area (Å²) in [5.74, 6) is 1.25. The van der Waals surface area contributed by atoms with E-state index in [1.807, 2.05) is 0 Å². The lowest BCUT2D eigenvalue weighted by Gasteiger charge is -2.27. The molecule has 0 bridgehead atoms. The van der Waals surface area contributed by atoms with Gasteiger partial charge in [0.1, 0.15) is 0 Å². The Balaban J connectivity index is 2.11. The number of halogens is 1. The molecule has 0 aliphatic heterocycles. The van der Waals surface area contributed by atoms with Gasteiger partial charge in [-0.05, 0) is 42.7 Å². The Morgan fingerprint density at radius 2 is 2.10 bits per heavy atom. The van der Waals surface area contributed by atoms with Crippen LogP contribution in [0.15, 0.2) is 18.2 Å². The van der Waals surface area contributed by atoms with Gasteiger partial charge in [-0.15, -0.1) is 0 Å². The molecule has 3 heteroatoms. The van der Waals surface area contributed by atoms with Gasteiger partial charge in [0, 0.05) is 6.42 Å². The molecule has 2 nitrogen and oxygen atoms in total. The van der Waals surface area contributed by atoms with Crippen LogP contribution in [0.3, 0.4) is 0 Å². The fraction of sp³-hybridized carbons (Fsp3) is 0.667. The van der Waals surface area contributed by atoms with Crippen LogP contribution in [0.4, 0.5) is 4.39 Å². The highest BCUT2D eigenvalue weighted by atomic mass is 19.1. The quantitative estimate of drug-likeness (QED) is 0.837. The molecule has 0 heterocycles. The highest BCUT2D eigenvalue weighted by Crippen LogP contribution is 2.36. The maximum Gasteiger partial charge on any atom is 0.168 e. The van der Waals surface area contributed by atoms with Crippen molar-refractivity contribution >= 4 is 0 Å². The van der Waals surface area contributed by atoms with Crippen LogP contribution in [0.5, 0.6) is 5.75 Å². The molecule has 2 unspecified atom stereocenters. The van der Waals surface area contributed by atoms with Gasteiger partial charge in [0.05, 0.1) is 12.7 Å². The summed E-state index contributed by atoms with van der Waals surface area (Å²) in [5.41, 5.74) is -0.225. The first-order chi connectivity index (χ1) is 9.95. The Labute approximate surface area is 127 Å². The van der Waals surface area contributed by atoms with Crippen LogP contribution < -0.4 is 4.74 Å². The lowest BCUT2D eigenvalue weighted by atomic mass is 9.85. The van der Waals surface area contributed by atoms with Gasteiger partial charge >= 0.3 is 0 Å². The predicted molar refractivity (Wildman–Crippen MR) is 83.0 cm³/mol. The average Bonchev–Trinajstić information content (AvgIpc) is 2.63. The fourth-order valence-corrected chi connectivity index (χ4v) is 3.47. The maximum atomic E-state index is 14.3. The Hall–Kier alpha value is -1.09. The number of benzene rings is 1. The van der Waals surface area contributed by atoms with E-state index in [0.29, 0.717) is 23.8 Å². The molecular weight excluding hydrogens is 267 g/mol. The van der Waals surface area contributed by atoms with Crippen LogP contribution in [0, 0.1) is 17.7 Å². The highest BCUT2D eigenvalue weighted by Gasteiger charge is 2.32. The Morgan fingerprint density at radius 3 is 2.76 bits per heavy atom. The topological polar surface area (TPSA) is 29.5 Å². The largest absolute Gasteiger partial charge is 0.494 e. The third-order valence-corrected chi connectivity index (χ3v) is 4.92. The summed E-state index contributed by atoms with van der Waals surface area (Å²) < 4.78 is 19.3. The minimum absolute atomic E-state index is 0.254. The Kier molecular flexibility index (Phi) is 5.26. The zero-order chi connectivity index (χ0) is 15.5. The van der Waals surface area contributed by atoms with Crippen molar-refractivity contribution in [3.63, 3.8) is 0 Å². The molecule has 21 heavy (non-hydrogen) atoms. The van der Waals surface area contributed by atoms with Gasteiger partial charge in [0.25, 0.3) is 0 Å². The van der Waals surface area contributed by atoms with Gasteiger partial charge in [0.2, 0.25) is 0 Å². The molecule has 118 valence electrons. The highest BCUT2D eigenvalue weighted by molar-refractivity contribution is 5.32. The molecule has 1 aliphatic rings. The van der Waals surface area contributed by atoms with Gasteiger partial charge in [-0.1, -0.05) is 38.8 Å². The minimum atomic E-state index is -0.781. The molecule has 1 saturated carbocycles. The first kappa shape index (κ1) is 16.3. The predicted octanol–water partition coefficient (Wildman–Crippen LogP) is 4.34. The van der Waals surface area contributed by atoms with Gasteiger partial charge in [-0.3, -0.25) is 0 Å². The second kappa shape index (κ2) is 6.78. The standard InChI is InChI=1S/C18H27FO2/c1-13(2)14-7-5-10-18(20,11-9-14)12-15-6-4-8-16(21-3)17(15)19/h4,6,8,13-14,20H,5,7,9-12H2,1-3H3. The number of ether oxygens (including phenoxy) is 1. The maximum absolute atomic E-state index is 14.3. The lowest BCUT2D eigenvalue weighted by Crippen LogP contribution is -2.31. The van der Waals surface area contributed by atoms with Crippen molar-refractivity contribution in [3.8, 4) is 5.75 Å². The van der Waals surface area contributed by atoms with Gasteiger partial charge in [0.15, 0.2) is 11.6 Å². The van der Waals surface area contributed by atoms with E-state index in [1.54, 1.807) is 18.2 Å². The van der Waals surface area contributed by atoms with E-state index in [9.17, 15) is 9.50 Å². The summed E-state index contributed by atoms with van der Waals surface area (Å²) in [4.78, 5) is 0. The van der Waals surface area contributed by atoms with E-state index >= 15 is 0 Å². The van der Waals surface area contributed by atoms with Crippen molar-refractivity contribution in [2.24, 2.45) is 11.8 Å². The van der Waals surface area contributed by atoms with Crippen molar-refractivity contribution < 1.29 is 14.2 Å². The monoisotopic (exact) mass is 294 g/mol. The summed E-state index contributed by atoms with van der Waals surface area (Å²) in [6.07, 6.45) is 5.10. The summed E-state index contributed by atoms with van der Waals surface area (Å²) in [7, 11) is 1.47. The molecule has 0 aromatic heterocycles. The van der Waals surface area contributed by atoms with E-state index in [0.717, 1.165) is 25.7 Å². The van der Waals surface area contributed by atoms with Crippen molar-refractivity contribution in [1.29, 1.82) is 0 Å². The number of hydrogen-bond acceptors (Lipinski definition) is 2. The van der Waals surface area contributed by atoms with Gasteiger partial charge in [-0.25, -0.2) is 4.39 Å². The molecule has 1 fully saturated rings. The molecule has 0 spiro atoms. The normalized spacial score (nSPS) is 26.7. The van der Waals surface area contributed by atoms with E-state index in [1.165, 1.54) is 13.5 Å². The fourth-order valence-electron chi connectivity index (χ4n) is 3.47. The van der Waals surface area contributed by atoms with Crippen molar-refractivity contribution in [2.75, 3.05) is 7.11 Å². The summed E-state index contributed by atoms with van der Waals surface area (Å²) in [6.45, 7) is 4.49. The van der Waals surface area contributed by atoms with E-state index in [2.05, 4.69) is 13.8 Å². The SMILES string of the molecule is COc1cccc(CC2(O)CCCC(C(C)C)CC2)c1F. The third kappa shape index (κ3) is 3.97.